The third-order valence-corrected chi connectivity index (χ3v) is 6.64. The van der Waals surface area contributed by atoms with Crippen molar-refractivity contribution in [3.8, 4) is 11.3 Å². The molecule has 0 bridgehead atoms. The lowest BCUT2D eigenvalue weighted by atomic mass is 10.1. The van der Waals surface area contributed by atoms with E-state index in [1.165, 1.54) is 0 Å². The molecule has 144 valence electrons. The Morgan fingerprint density at radius 1 is 1.07 bits per heavy atom. The van der Waals surface area contributed by atoms with E-state index in [1.54, 1.807) is 11.0 Å². The summed E-state index contributed by atoms with van der Waals surface area (Å²) in [5.74, 6) is 0.263. The number of aromatic nitrogens is 1. The summed E-state index contributed by atoms with van der Waals surface area (Å²) in [5.41, 5.74) is 1.94. The molecule has 0 spiro atoms. The second-order valence-corrected chi connectivity index (χ2v) is 9.15. The van der Waals surface area contributed by atoms with Crippen LogP contribution in [0.5, 0.6) is 0 Å². The Kier molecular flexibility index (Phi) is 5.00. The first-order chi connectivity index (χ1) is 13.5. The lowest BCUT2D eigenvalue weighted by Gasteiger charge is -2.27. The number of nitrogens with zero attached hydrogens (tertiary/aromatic N) is 2. The summed E-state index contributed by atoms with van der Waals surface area (Å²) in [7, 11) is -3.12. The Balaban J connectivity index is 1.62. The first kappa shape index (κ1) is 18.4. The average molecular weight is 396 g/mol. The zero-order valence-corrected chi connectivity index (χ0v) is 16.0. The van der Waals surface area contributed by atoms with Crippen LogP contribution in [0.25, 0.3) is 11.3 Å². The molecular weight excluding hydrogens is 376 g/mol. The minimum atomic E-state index is -3.12. The van der Waals surface area contributed by atoms with Gasteiger partial charge in [-0.1, -0.05) is 65.8 Å². The highest BCUT2D eigenvalue weighted by Crippen LogP contribution is 2.25. The second kappa shape index (κ2) is 7.59. The predicted molar refractivity (Wildman–Crippen MR) is 105 cm³/mol. The van der Waals surface area contributed by atoms with E-state index in [-0.39, 0.29) is 29.1 Å². The fourth-order valence-electron chi connectivity index (χ4n) is 3.43. The summed E-state index contributed by atoms with van der Waals surface area (Å²) < 4.78 is 29.3. The van der Waals surface area contributed by atoms with Crippen LogP contribution < -0.4 is 0 Å². The Morgan fingerprint density at radius 2 is 1.75 bits per heavy atom. The van der Waals surface area contributed by atoms with E-state index < -0.39 is 9.84 Å². The maximum Gasteiger partial charge on any atom is 0.276 e. The van der Waals surface area contributed by atoms with E-state index in [0.717, 1.165) is 11.1 Å². The predicted octanol–water partition coefficient (Wildman–Crippen LogP) is 3.17. The van der Waals surface area contributed by atoms with Gasteiger partial charge in [-0.3, -0.25) is 4.79 Å². The second-order valence-electron chi connectivity index (χ2n) is 6.92. The van der Waals surface area contributed by atoms with Crippen molar-refractivity contribution in [1.29, 1.82) is 0 Å². The zero-order chi connectivity index (χ0) is 19.6. The third-order valence-electron chi connectivity index (χ3n) is 4.89. The van der Waals surface area contributed by atoms with Crippen molar-refractivity contribution in [2.45, 2.75) is 19.0 Å². The van der Waals surface area contributed by atoms with Crippen LogP contribution in [0.4, 0.5) is 0 Å². The van der Waals surface area contributed by atoms with E-state index in [0.29, 0.717) is 18.7 Å². The molecule has 1 aliphatic heterocycles. The number of rotatable bonds is 5. The minimum Gasteiger partial charge on any atom is -0.355 e. The molecule has 4 rings (SSSR count). The van der Waals surface area contributed by atoms with Crippen LogP contribution in [0.15, 0.2) is 71.3 Å². The van der Waals surface area contributed by atoms with Gasteiger partial charge < -0.3 is 9.42 Å². The smallest absolute Gasteiger partial charge is 0.276 e. The van der Waals surface area contributed by atoms with Crippen molar-refractivity contribution >= 4 is 15.7 Å². The quantitative estimate of drug-likeness (QED) is 0.662. The summed E-state index contributed by atoms with van der Waals surface area (Å²) >= 11 is 0. The van der Waals surface area contributed by atoms with Gasteiger partial charge in [-0.15, -0.1) is 0 Å². The van der Waals surface area contributed by atoms with Crippen molar-refractivity contribution in [2.75, 3.05) is 11.5 Å². The average Bonchev–Trinajstić information content (AvgIpc) is 3.34. The third kappa shape index (κ3) is 3.99. The molecule has 3 aromatic rings. The Bertz CT molecular complexity index is 1060. The molecular formula is C21H20N2O4S. The lowest BCUT2D eigenvalue weighted by Crippen LogP contribution is -2.40. The highest BCUT2D eigenvalue weighted by molar-refractivity contribution is 7.91. The highest BCUT2D eigenvalue weighted by Gasteiger charge is 2.36. The molecule has 1 saturated heterocycles. The van der Waals surface area contributed by atoms with Crippen molar-refractivity contribution in [3.05, 3.63) is 78.0 Å². The number of carbonyl (C=O) groups excluding carboxylic acids is 1. The fraction of sp³-hybridized carbons (Fsp3) is 0.238. The molecule has 2 heterocycles. The molecule has 1 atom stereocenters. The normalized spacial score (nSPS) is 18.1. The highest BCUT2D eigenvalue weighted by atomic mass is 32.2. The summed E-state index contributed by atoms with van der Waals surface area (Å²) in [5, 5.41) is 3.95. The van der Waals surface area contributed by atoms with Crippen LogP contribution in [0.3, 0.4) is 0 Å². The van der Waals surface area contributed by atoms with Gasteiger partial charge >= 0.3 is 0 Å². The standard InChI is InChI=1S/C21H20N2O4S/c24-21(19-13-20(27-22-19)17-9-5-2-6-10-17)23(14-16-7-3-1-4-8-16)18-11-12-28(25,26)15-18/h1-10,13,18H,11-12,14-15H2. The molecule has 0 radical (unpaired) electrons. The fourth-order valence-corrected chi connectivity index (χ4v) is 5.16. The monoisotopic (exact) mass is 396 g/mol. The molecule has 1 aliphatic rings. The van der Waals surface area contributed by atoms with Crippen molar-refractivity contribution in [3.63, 3.8) is 0 Å². The first-order valence-electron chi connectivity index (χ1n) is 9.09. The number of benzene rings is 2. The molecule has 1 amide bonds. The van der Waals surface area contributed by atoms with E-state index in [2.05, 4.69) is 5.16 Å². The van der Waals surface area contributed by atoms with Gasteiger partial charge in [0.2, 0.25) is 0 Å². The molecule has 0 aliphatic carbocycles. The van der Waals surface area contributed by atoms with Crippen LogP contribution in [0, 0.1) is 0 Å². The molecule has 0 N–H and O–H groups in total. The number of carbonyl (C=O) groups is 1. The maximum atomic E-state index is 13.2. The van der Waals surface area contributed by atoms with E-state index in [4.69, 9.17) is 4.52 Å². The number of amides is 1. The Labute approximate surface area is 163 Å². The SMILES string of the molecule is O=C(c1cc(-c2ccccc2)on1)N(Cc1ccccc1)C1CCS(=O)(=O)C1. The van der Waals surface area contributed by atoms with Gasteiger partial charge in [-0.2, -0.15) is 0 Å². The molecule has 1 aromatic heterocycles. The van der Waals surface area contributed by atoms with Gasteiger partial charge in [0, 0.05) is 24.2 Å². The van der Waals surface area contributed by atoms with Gasteiger partial charge in [-0.25, -0.2) is 8.42 Å². The Morgan fingerprint density at radius 3 is 2.39 bits per heavy atom. The van der Waals surface area contributed by atoms with Crippen molar-refractivity contribution < 1.29 is 17.7 Å². The lowest BCUT2D eigenvalue weighted by molar-refractivity contribution is 0.0670. The van der Waals surface area contributed by atoms with Crippen LogP contribution >= 0.6 is 0 Å². The van der Waals surface area contributed by atoms with Crippen molar-refractivity contribution in [2.24, 2.45) is 0 Å². The Hall–Kier alpha value is -2.93. The minimum absolute atomic E-state index is 0.0189. The number of hydrogen-bond donors (Lipinski definition) is 0. The van der Waals surface area contributed by atoms with E-state index in [1.807, 2.05) is 60.7 Å². The molecule has 28 heavy (non-hydrogen) atoms. The number of hydrogen-bond acceptors (Lipinski definition) is 5. The summed E-state index contributed by atoms with van der Waals surface area (Å²) in [6.07, 6.45) is 0.435. The number of sulfone groups is 1. The van der Waals surface area contributed by atoms with Crippen LogP contribution in [0.2, 0.25) is 0 Å². The van der Waals surface area contributed by atoms with Gasteiger partial charge in [0.15, 0.2) is 21.3 Å². The summed E-state index contributed by atoms with van der Waals surface area (Å²) in [4.78, 5) is 14.8. The molecule has 1 unspecified atom stereocenters. The molecule has 0 saturated carbocycles. The van der Waals surface area contributed by atoms with E-state index >= 15 is 0 Å². The van der Waals surface area contributed by atoms with E-state index in [9.17, 15) is 13.2 Å². The van der Waals surface area contributed by atoms with Gasteiger partial charge in [0.05, 0.1) is 11.5 Å². The van der Waals surface area contributed by atoms with Gasteiger partial charge in [0.1, 0.15) is 0 Å². The summed E-state index contributed by atoms with van der Waals surface area (Å²) in [6, 6.07) is 20.2. The topological polar surface area (TPSA) is 80.5 Å². The van der Waals surface area contributed by atoms with Crippen molar-refractivity contribution in [1.82, 2.24) is 10.1 Å². The maximum absolute atomic E-state index is 13.2. The van der Waals surface area contributed by atoms with Crippen LogP contribution in [-0.2, 0) is 16.4 Å². The van der Waals surface area contributed by atoms with Gasteiger partial charge in [-0.05, 0) is 12.0 Å². The largest absolute Gasteiger partial charge is 0.355 e. The molecule has 7 heteroatoms. The molecule has 1 fully saturated rings. The van der Waals surface area contributed by atoms with Gasteiger partial charge in [0.25, 0.3) is 5.91 Å². The molecule has 2 aromatic carbocycles. The first-order valence-corrected chi connectivity index (χ1v) is 10.9. The molecule has 6 nitrogen and oxygen atoms in total. The van der Waals surface area contributed by atoms with Crippen LogP contribution in [0.1, 0.15) is 22.5 Å². The zero-order valence-electron chi connectivity index (χ0n) is 15.2. The summed E-state index contributed by atoms with van der Waals surface area (Å²) in [6.45, 7) is 0.327. The van der Waals surface area contributed by atoms with Crippen LogP contribution in [-0.4, -0.2) is 41.9 Å².